The first-order valence-corrected chi connectivity index (χ1v) is 16.2. The number of hydrogen-bond acceptors (Lipinski definition) is 5. The van der Waals surface area contributed by atoms with E-state index in [4.69, 9.17) is 4.74 Å². The lowest BCUT2D eigenvalue weighted by Gasteiger charge is -2.19. The molecular formula is C34H48N2O3S. The number of benzene rings is 2. The summed E-state index contributed by atoms with van der Waals surface area (Å²) in [5, 5.41) is 5.13. The molecule has 5 nitrogen and oxygen atoms in total. The number of ether oxygens (including phenoxy) is 1. The Morgan fingerprint density at radius 3 is 2.08 bits per heavy atom. The van der Waals surface area contributed by atoms with Gasteiger partial charge in [-0.1, -0.05) is 89.7 Å². The molecule has 0 fully saturated rings. The molecule has 0 atom stereocenters. The van der Waals surface area contributed by atoms with Gasteiger partial charge in [-0.05, 0) is 61.6 Å². The maximum Gasteiger partial charge on any atom is 0.255 e. The second-order valence-electron chi connectivity index (χ2n) is 10.9. The van der Waals surface area contributed by atoms with Crippen LogP contribution in [0.5, 0.6) is 5.75 Å². The molecule has 1 aliphatic heterocycles. The van der Waals surface area contributed by atoms with Crippen molar-refractivity contribution in [3.05, 3.63) is 70.3 Å². The van der Waals surface area contributed by atoms with Gasteiger partial charge in [0.1, 0.15) is 5.75 Å². The summed E-state index contributed by atoms with van der Waals surface area (Å²) in [6.45, 7) is 7.34. The van der Waals surface area contributed by atoms with Gasteiger partial charge in [-0.15, -0.1) is 11.8 Å². The molecule has 218 valence electrons. The lowest BCUT2D eigenvalue weighted by atomic mass is 10.1. The smallest absolute Gasteiger partial charge is 0.255 e. The minimum absolute atomic E-state index is 0.104. The summed E-state index contributed by atoms with van der Waals surface area (Å²) in [5.74, 6) is 1.19. The molecule has 1 N–H and O–H groups in total. The third-order valence-electron chi connectivity index (χ3n) is 7.44. The van der Waals surface area contributed by atoms with Gasteiger partial charge in [-0.3, -0.25) is 9.59 Å². The van der Waals surface area contributed by atoms with Crippen LogP contribution in [0, 0.1) is 0 Å². The Hall–Kier alpha value is -2.73. The Bertz CT molecular complexity index is 1100. The van der Waals surface area contributed by atoms with Crippen molar-refractivity contribution in [1.82, 2.24) is 4.90 Å². The summed E-state index contributed by atoms with van der Waals surface area (Å²) in [6.07, 6.45) is 15.5. The van der Waals surface area contributed by atoms with Crippen LogP contribution in [0.4, 0.5) is 5.69 Å². The number of amides is 1. The fourth-order valence-electron chi connectivity index (χ4n) is 4.91. The van der Waals surface area contributed by atoms with Gasteiger partial charge >= 0.3 is 0 Å². The number of thioether (sulfide) groups is 1. The van der Waals surface area contributed by atoms with Crippen LogP contribution in [-0.2, 0) is 6.54 Å². The van der Waals surface area contributed by atoms with Gasteiger partial charge in [0.25, 0.3) is 5.91 Å². The van der Waals surface area contributed by atoms with E-state index >= 15 is 0 Å². The molecule has 0 saturated heterocycles. The van der Waals surface area contributed by atoms with E-state index in [0.717, 1.165) is 31.0 Å². The van der Waals surface area contributed by atoms with E-state index in [2.05, 4.69) is 29.5 Å². The number of anilines is 1. The highest BCUT2D eigenvalue weighted by Crippen LogP contribution is 2.26. The molecule has 6 heteroatoms. The molecule has 0 bridgehead atoms. The molecule has 0 radical (unpaired) electrons. The van der Waals surface area contributed by atoms with Crippen molar-refractivity contribution in [2.24, 2.45) is 0 Å². The molecule has 0 aromatic heterocycles. The highest BCUT2D eigenvalue weighted by Gasteiger charge is 2.15. The molecule has 40 heavy (non-hydrogen) atoms. The van der Waals surface area contributed by atoms with Crippen molar-refractivity contribution in [3.8, 4) is 5.75 Å². The Balaban J connectivity index is 1.38. The summed E-state index contributed by atoms with van der Waals surface area (Å²) in [6, 6.07) is 13.1. The van der Waals surface area contributed by atoms with Crippen molar-refractivity contribution in [3.63, 3.8) is 0 Å². The maximum absolute atomic E-state index is 12.9. The molecule has 3 rings (SSSR count). The predicted octanol–water partition coefficient (Wildman–Crippen LogP) is 9.59. The average molecular weight is 565 g/mol. The summed E-state index contributed by atoms with van der Waals surface area (Å²) < 4.78 is 5.96. The van der Waals surface area contributed by atoms with Crippen LogP contribution >= 0.6 is 11.8 Å². The number of carbonyl (C=O) groups excluding carboxylic acids is 2. The Morgan fingerprint density at radius 2 is 1.50 bits per heavy atom. The zero-order chi connectivity index (χ0) is 28.6. The summed E-state index contributed by atoms with van der Waals surface area (Å²) >= 11 is 1.81. The van der Waals surface area contributed by atoms with Crippen LogP contribution in [0.3, 0.4) is 0 Å². The number of hydrogen-bond donors (Lipinski definition) is 1. The lowest BCUT2D eigenvalue weighted by Crippen LogP contribution is -2.17. The second-order valence-corrected chi connectivity index (χ2v) is 11.7. The van der Waals surface area contributed by atoms with Crippen LogP contribution < -0.4 is 10.1 Å². The van der Waals surface area contributed by atoms with E-state index in [0.29, 0.717) is 23.5 Å². The molecule has 0 unspecified atom stereocenters. The highest BCUT2D eigenvalue weighted by molar-refractivity contribution is 8.02. The fraction of sp³-hybridized carbons (Fsp3) is 0.529. The molecule has 1 aliphatic rings. The van der Waals surface area contributed by atoms with Crippen molar-refractivity contribution >= 4 is 29.1 Å². The minimum atomic E-state index is -0.238. The van der Waals surface area contributed by atoms with E-state index in [-0.39, 0.29) is 11.7 Å². The van der Waals surface area contributed by atoms with Gasteiger partial charge in [-0.2, -0.15) is 0 Å². The molecule has 1 heterocycles. The standard InChI is InChI=1S/C34H48N2O3S/c1-4-5-6-7-8-9-10-11-12-13-14-15-22-39-33-21-18-30(23-32(33)28(3)37)34(38)35-31-19-16-29(17-20-31)24-36-26-40-25-27(36)2/h16-21,23,25H,4-15,22,24,26H2,1-3H3,(H,35,38). The Labute approximate surface area is 246 Å². The van der Waals surface area contributed by atoms with Gasteiger partial charge in [0.15, 0.2) is 5.78 Å². The zero-order valence-corrected chi connectivity index (χ0v) is 25.6. The van der Waals surface area contributed by atoms with E-state index in [9.17, 15) is 9.59 Å². The minimum Gasteiger partial charge on any atom is -0.493 e. The van der Waals surface area contributed by atoms with Crippen LogP contribution in [0.15, 0.2) is 53.6 Å². The van der Waals surface area contributed by atoms with Crippen LogP contribution in [0.25, 0.3) is 0 Å². The summed E-state index contributed by atoms with van der Waals surface area (Å²) in [5.41, 5.74) is 4.11. The largest absolute Gasteiger partial charge is 0.493 e. The van der Waals surface area contributed by atoms with Crippen LogP contribution in [0.1, 0.15) is 124 Å². The Morgan fingerprint density at radius 1 is 0.875 bits per heavy atom. The van der Waals surface area contributed by atoms with Crippen molar-refractivity contribution in [2.75, 3.05) is 17.8 Å². The van der Waals surface area contributed by atoms with Gasteiger partial charge in [0.05, 0.1) is 18.0 Å². The maximum atomic E-state index is 12.9. The highest BCUT2D eigenvalue weighted by atomic mass is 32.2. The first kappa shape index (κ1) is 31.8. The third kappa shape index (κ3) is 11.0. The lowest BCUT2D eigenvalue weighted by molar-refractivity contribution is 0.101. The molecular weight excluding hydrogens is 516 g/mol. The van der Waals surface area contributed by atoms with Gasteiger partial charge < -0.3 is 15.0 Å². The number of allylic oxidation sites excluding steroid dienone is 1. The van der Waals surface area contributed by atoms with E-state index in [1.165, 1.54) is 82.4 Å². The van der Waals surface area contributed by atoms with Gasteiger partial charge in [-0.25, -0.2) is 0 Å². The molecule has 2 aromatic carbocycles. The quantitative estimate of drug-likeness (QED) is 0.136. The van der Waals surface area contributed by atoms with Gasteiger partial charge in [0, 0.05) is 23.5 Å². The van der Waals surface area contributed by atoms with Crippen molar-refractivity contribution in [1.29, 1.82) is 0 Å². The molecule has 1 amide bonds. The molecule has 0 spiro atoms. The number of unbranched alkanes of at least 4 members (excludes halogenated alkanes) is 11. The van der Waals surface area contributed by atoms with Crippen molar-refractivity contribution < 1.29 is 14.3 Å². The summed E-state index contributed by atoms with van der Waals surface area (Å²) in [7, 11) is 0. The predicted molar refractivity (Wildman–Crippen MR) is 169 cm³/mol. The first-order valence-electron chi connectivity index (χ1n) is 15.2. The number of Topliss-reactive ketones (excluding diaryl/α,β-unsaturated/α-hetero) is 1. The zero-order valence-electron chi connectivity index (χ0n) is 24.8. The van der Waals surface area contributed by atoms with Crippen LogP contribution in [0.2, 0.25) is 0 Å². The summed E-state index contributed by atoms with van der Waals surface area (Å²) in [4.78, 5) is 27.5. The number of nitrogens with zero attached hydrogens (tertiary/aromatic N) is 1. The van der Waals surface area contributed by atoms with Crippen molar-refractivity contribution in [2.45, 2.75) is 104 Å². The van der Waals surface area contributed by atoms with Crippen LogP contribution in [-0.4, -0.2) is 29.1 Å². The molecule has 2 aromatic rings. The fourth-order valence-corrected chi connectivity index (χ4v) is 5.85. The number of carbonyl (C=O) groups is 2. The monoisotopic (exact) mass is 564 g/mol. The molecule has 0 aliphatic carbocycles. The normalized spacial score (nSPS) is 12.9. The number of rotatable bonds is 19. The third-order valence-corrected chi connectivity index (χ3v) is 8.41. The van der Waals surface area contributed by atoms with Gasteiger partial charge in [0.2, 0.25) is 0 Å². The van der Waals surface area contributed by atoms with E-state index in [1.54, 1.807) is 18.2 Å². The average Bonchev–Trinajstić information content (AvgIpc) is 3.36. The van der Waals surface area contributed by atoms with E-state index in [1.807, 2.05) is 36.0 Å². The SMILES string of the molecule is CCCCCCCCCCCCCCOc1ccc(C(=O)Nc2ccc(CN3CSC=C3C)cc2)cc1C(C)=O. The first-order chi connectivity index (χ1) is 19.5. The topological polar surface area (TPSA) is 58.6 Å². The second kappa shape index (κ2) is 17.9. The van der Waals surface area contributed by atoms with E-state index < -0.39 is 0 Å². The number of ketones is 1. The molecule has 0 saturated carbocycles. The number of nitrogens with one attached hydrogen (secondary N) is 1. The Kier molecular flexibility index (Phi) is 14.2.